The Hall–Kier alpha value is -2.93. The van der Waals surface area contributed by atoms with Crippen molar-refractivity contribution in [3.8, 4) is 0 Å². The quantitative estimate of drug-likeness (QED) is 0.772. The number of halogens is 2. The van der Waals surface area contributed by atoms with Crippen LogP contribution in [0.5, 0.6) is 0 Å². The summed E-state index contributed by atoms with van der Waals surface area (Å²) >= 11 is 6.00. The van der Waals surface area contributed by atoms with Crippen LogP contribution in [-0.2, 0) is 4.79 Å². The highest BCUT2D eigenvalue weighted by atomic mass is 35.5. The van der Waals surface area contributed by atoms with Crippen LogP contribution in [0.1, 0.15) is 37.4 Å². The predicted octanol–water partition coefficient (Wildman–Crippen LogP) is 4.21. The summed E-state index contributed by atoms with van der Waals surface area (Å²) in [7, 11) is 1.55. The average Bonchev–Trinajstić information content (AvgIpc) is 3.13. The van der Waals surface area contributed by atoms with Gasteiger partial charge < -0.3 is 10.2 Å². The molecule has 1 heterocycles. The van der Waals surface area contributed by atoms with Gasteiger partial charge in [-0.3, -0.25) is 4.79 Å². The van der Waals surface area contributed by atoms with E-state index in [1.807, 2.05) is 26.0 Å². The molecule has 6 nitrogen and oxygen atoms in total. The van der Waals surface area contributed by atoms with Gasteiger partial charge in [-0.05, 0) is 37.6 Å². The lowest BCUT2D eigenvalue weighted by molar-refractivity contribution is -0.133. The first-order valence-corrected chi connectivity index (χ1v) is 10.1. The van der Waals surface area contributed by atoms with Gasteiger partial charge in [-0.1, -0.05) is 41.9 Å². The summed E-state index contributed by atoms with van der Waals surface area (Å²) in [5.74, 6) is -0.753. The zero-order chi connectivity index (χ0) is 21.8. The Balaban J connectivity index is 1.87. The van der Waals surface area contributed by atoms with Gasteiger partial charge in [-0.15, -0.1) is 0 Å². The number of hydrazone groups is 1. The highest BCUT2D eigenvalue weighted by Crippen LogP contribution is 2.34. The Bertz CT molecular complexity index is 962. The first-order valence-electron chi connectivity index (χ1n) is 9.67. The second-order valence-corrected chi connectivity index (χ2v) is 7.93. The van der Waals surface area contributed by atoms with E-state index in [9.17, 15) is 14.0 Å². The number of carbonyl (C=O) groups is 2. The molecule has 2 aromatic rings. The van der Waals surface area contributed by atoms with E-state index in [0.29, 0.717) is 22.7 Å². The molecule has 0 bridgehead atoms. The van der Waals surface area contributed by atoms with Crippen molar-refractivity contribution in [2.75, 3.05) is 13.6 Å². The minimum Gasteiger partial charge on any atom is -0.336 e. The van der Waals surface area contributed by atoms with Crippen LogP contribution >= 0.6 is 11.6 Å². The van der Waals surface area contributed by atoms with Gasteiger partial charge in [0.05, 0.1) is 11.8 Å². The van der Waals surface area contributed by atoms with E-state index in [2.05, 4.69) is 10.4 Å². The van der Waals surface area contributed by atoms with Gasteiger partial charge in [0.1, 0.15) is 12.4 Å². The predicted molar refractivity (Wildman–Crippen MR) is 115 cm³/mol. The zero-order valence-corrected chi connectivity index (χ0v) is 17.9. The summed E-state index contributed by atoms with van der Waals surface area (Å²) in [4.78, 5) is 26.5. The molecule has 158 valence electrons. The maximum atomic E-state index is 14.3. The number of benzene rings is 2. The molecule has 1 aliphatic rings. The summed E-state index contributed by atoms with van der Waals surface area (Å²) in [6.07, 6.45) is 0.357. The van der Waals surface area contributed by atoms with Gasteiger partial charge in [-0.2, -0.15) is 5.10 Å². The van der Waals surface area contributed by atoms with E-state index in [-0.39, 0.29) is 24.5 Å². The van der Waals surface area contributed by atoms with Gasteiger partial charge in [0.25, 0.3) is 5.91 Å². The molecule has 1 aliphatic heterocycles. The average molecular weight is 431 g/mol. The Labute approximate surface area is 180 Å². The summed E-state index contributed by atoms with van der Waals surface area (Å²) in [6, 6.07) is 12.7. The summed E-state index contributed by atoms with van der Waals surface area (Å²) in [6.45, 7) is 3.53. The van der Waals surface area contributed by atoms with Crippen LogP contribution in [0.2, 0.25) is 5.02 Å². The highest BCUT2D eigenvalue weighted by Gasteiger charge is 2.34. The van der Waals surface area contributed by atoms with Gasteiger partial charge in [0.2, 0.25) is 0 Å². The molecule has 3 rings (SSSR count). The van der Waals surface area contributed by atoms with Crippen molar-refractivity contribution in [3.05, 3.63) is 70.5 Å². The summed E-state index contributed by atoms with van der Waals surface area (Å²) < 4.78 is 14.3. The van der Waals surface area contributed by atoms with Crippen molar-refractivity contribution in [2.24, 2.45) is 5.10 Å². The Morgan fingerprint density at radius 3 is 2.53 bits per heavy atom. The fourth-order valence-corrected chi connectivity index (χ4v) is 3.37. The molecule has 0 aliphatic carbocycles. The maximum absolute atomic E-state index is 14.3. The first-order chi connectivity index (χ1) is 14.3. The van der Waals surface area contributed by atoms with Crippen LogP contribution < -0.4 is 5.32 Å². The minimum atomic E-state index is -0.411. The lowest BCUT2D eigenvalue weighted by Gasteiger charge is -2.25. The molecule has 0 aromatic heterocycles. The van der Waals surface area contributed by atoms with Crippen molar-refractivity contribution in [3.63, 3.8) is 0 Å². The molecule has 30 heavy (non-hydrogen) atoms. The highest BCUT2D eigenvalue weighted by molar-refractivity contribution is 6.30. The van der Waals surface area contributed by atoms with Gasteiger partial charge in [-0.25, -0.2) is 14.2 Å². The summed E-state index contributed by atoms with van der Waals surface area (Å²) in [5, 5.41) is 9.10. The largest absolute Gasteiger partial charge is 0.336 e. The van der Waals surface area contributed by atoms with Crippen LogP contribution in [0.3, 0.4) is 0 Å². The number of hydrogen-bond donors (Lipinski definition) is 1. The van der Waals surface area contributed by atoms with Crippen LogP contribution in [0.25, 0.3) is 0 Å². The van der Waals surface area contributed by atoms with E-state index in [1.165, 1.54) is 16.0 Å². The SMILES string of the molecule is CC(C)NC(=O)N(C)CC(=O)N1N=C(c2ccccc2F)CC1c1ccc(Cl)cc1. The number of nitrogens with zero attached hydrogens (tertiary/aromatic N) is 3. The molecule has 8 heteroatoms. The number of carbonyl (C=O) groups excluding carboxylic acids is 2. The van der Waals surface area contributed by atoms with Crippen LogP contribution in [-0.4, -0.2) is 47.2 Å². The third kappa shape index (κ3) is 4.97. The van der Waals surface area contributed by atoms with Crippen molar-refractivity contribution < 1.29 is 14.0 Å². The fraction of sp³-hybridized carbons (Fsp3) is 0.318. The molecule has 2 aromatic carbocycles. The number of urea groups is 1. The van der Waals surface area contributed by atoms with E-state index < -0.39 is 11.9 Å². The van der Waals surface area contributed by atoms with Gasteiger partial charge >= 0.3 is 6.03 Å². The van der Waals surface area contributed by atoms with Crippen molar-refractivity contribution in [1.82, 2.24) is 15.2 Å². The molecular formula is C22H24ClFN4O2. The Morgan fingerprint density at radius 2 is 1.90 bits per heavy atom. The molecule has 1 unspecified atom stereocenters. The monoisotopic (exact) mass is 430 g/mol. The standard InChI is InChI=1S/C22H24ClFN4O2/c1-14(2)25-22(30)27(3)13-21(29)28-20(15-8-10-16(23)11-9-15)12-19(26-28)17-6-4-5-7-18(17)24/h4-11,14,20H,12-13H2,1-3H3,(H,25,30). The summed E-state index contributed by atoms with van der Waals surface area (Å²) in [5.41, 5.74) is 1.67. The number of amides is 3. The van der Waals surface area contributed by atoms with Crippen LogP contribution in [0.15, 0.2) is 53.6 Å². The van der Waals surface area contributed by atoms with Crippen molar-refractivity contribution >= 4 is 29.3 Å². The van der Waals surface area contributed by atoms with E-state index in [4.69, 9.17) is 11.6 Å². The maximum Gasteiger partial charge on any atom is 0.317 e. The Morgan fingerprint density at radius 1 is 1.23 bits per heavy atom. The zero-order valence-electron chi connectivity index (χ0n) is 17.1. The molecule has 3 amide bonds. The van der Waals surface area contributed by atoms with E-state index in [0.717, 1.165) is 5.56 Å². The van der Waals surface area contributed by atoms with Crippen molar-refractivity contribution in [2.45, 2.75) is 32.4 Å². The fourth-order valence-electron chi connectivity index (χ4n) is 3.25. The smallest absolute Gasteiger partial charge is 0.317 e. The third-order valence-corrected chi connectivity index (χ3v) is 4.99. The molecular weight excluding hydrogens is 407 g/mol. The molecule has 0 fully saturated rings. The number of nitrogens with one attached hydrogen (secondary N) is 1. The molecule has 0 spiro atoms. The van der Waals surface area contributed by atoms with E-state index in [1.54, 1.807) is 37.4 Å². The number of hydrogen-bond acceptors (Lipinski definition) is 3. The first kappa shape index (κ1) is 21.8. The van der Waals surface area contributed by atoms with E-state index >= 15 is 0 Å². The minimum absolute atomic E-state index is 0.0469. The van der Waals surface area contributed by atoms with Crippen LogP contribution in [0.4, 0.5) is 9.18 Å². The molecule has 0 saturated heterocycles. The Kier molecular flexibility index (Phi) is 6.72. The lowest BCUT2D eigenvalue weighted by Crippen LogP contribution is -2.45. The molecule has 0 saturated carbocycles. The van der Waals surface area contributed by atoms with Gasteiger partial charge in [0, 0.05) is 30.1 Å². The topological polar surface area (TPSA) is 65.0 Å². The normalized spacial score (nSPS) is 15.9. The molecule has 1 N–H and O–H groups in total. The molecule has 1 atom stereocenters. The van der Waals surface area contributed by atoms with Crippen molar-refractivity contribution in [1.29, 1.82) is 0 Å². The van der Waals surface area contributed by atoms with Gasteiger partial charge in [0.15, 0.2) is 0 Å². The second kappa shape index (κ2) is 9.26. The number of likely N-dealkylation sites (N-methyl/N-ethyl adjacent to an activating group) is 1. The second-order valence-electron chi connectivity index (χ2n) is 7.50. The molecule has 0 radical (unpaired) electrons. The third-order valence-electron chi connectivity index (χ3n) is 4.74. The van der Waals surface area contributed by atoms with Crippen LogP contribution in [0, 0.1) is 5.82 Å². The number of rotatable bonds is 5. The lowest BCUT2D eigenvalue weighted by atomic mass is 9.98.